The van der Waals surface area contributed by atoms with Crippen LogP contribution in [0.5, 0.6) is 0 Å². The maximum absolute atomic E-state index is 11.4. The lowest BCUT2D eigenvalue weighted by Gasteiger charge is -2.18. The number of hydrogen-bond donors (Lipinski definition) is 3. The molecule has 1 aromatic carbocycles. The monoisotopic (exact) mass is 292 g/mol. The molecule has 1 aromatic heterocycles. The zero-order valence-corrected chi connectivity index (χ0v) is 11.8. The molecular formula is C13H16N4O2S. The van der Waals surface area contributed by atoms with Crippen molar-refractivity contribution in [3.05, 3.63) is 48.3 Å². The Balaban J connectivity index is 2.31. The summed E-state index contributed by atoms with van der Waals surface area (Å²) in [7, 11) is -3.83. The number of aromatic nitrogens is 1. The van der Waals surface area contributed by atoms with E-state index in [-0.39, 0.29) is 16.6 Å². The number of nitrogens with one attached hydrogen (secondary N) is 1. The molecule has 0 saturated heterocycles. The fourth-order valence-corrected chi connectivity index (χ4v) is 2.55. The van der Waals surface area contributed by atoms with E-state index < -0.39 is 10.0 Å². The summed E-state index contributed by atoms with van der Waals surface area (Å²) in [5.74, 6) is 0. The van der Waals surface area contributed by atoms with Crippen LogP contribution in [0, 0.1) is 0 Å². The molecule has 0 amide bonds. The van der Waals surface area contributed by atoms with Gasteiger partial charge in [0.15, 0.2) is 0 Å². The van der Waals surface area contributed by atoms with Crippen LogP contribution in [0.25, 0.3) is 0 Å². The van der Waals surface area contributed by atoms with Gasteiger partial charge in [0, 0.05) is 12.4 Å². The minimum Gasteiger partial charge on any atom is -0.396 e. The average molecular weight is 292 g/mol. The van der Waals surface area contributed by atoms with E-state index in [9.17, 15) is 8.42 Å². The number of anilines is 2. The lowest BCUT2D eigenvalue weighted by atomic mass is 10.1. The van der Waals surface area contributed by atoms with Crippen LogP contribution in [0.2, 0.25) is 0 Å². The number of nitrogen functional groups attached to an aromatic ring is 1. The number of para-hydroxylation sites is 1. The third-order valence-electron chi connectivity index (χ3n) is 2.93. The SMILES string of the molecule is CC(Nc1cccc(S(N)(=O)=O)c1N)c1cccnc1. The van der Waals surface area contributed by atoms with Gasteiger partial charge in [0.05, 0.1) is 17.4 Å². The minimum absolute atomic E-state index is 0.0678. The molecular weight excluding hydrogens is 276 g/mol. The van der Waals surface area contributed by atoms with Crippen molar-refractivity contribution < 1.29 is 8.42 Å². The lowest BCUT2D eigenvalue weighted by Crippen LogP contribution is -2.16. The number of rotatable bonds is 4. The molecule has 0 aliphatic rings. The van der Waals surface area contributed by atoms with Crippen molar-refractivity contribution in [2.45, 2.75) is 17.9 Å². The van der Waals surface area contributed by atoms with Gasteiger partial charge in [-0.15, -0.1) is 0 Å². The molecule has 0 aliphatic heterocycles. The summed E-state index contributed by atoms with van der Waals surface area (Å²) in [4.78, 5) is 3.96. The summed E-state index contributed by atoms with van der Waals surface area (Å²) in [6.07, 6.45) is 3.42. The van der Waals surface area contributed by atoms with Crippen LogP contribution >= 0.6 is 0 Å². The van der Waals surface area contributed by atoms with Gasteiger partial charge in [-0.1, -0.05) is 12.1 Å². The van der Waals surface area contributed by atoms with Gasteiger partial charge in [-0.05, 0) is 30.7 Å². The van der Waals surface area contributed by atoms with E-state index in [2.05, 4.69) is 10.3 Å². The van der Waals surface area contributed by atoms with Gasteiger partial charge in [0.25, 0.3) is 0 Å². The number of benzene rings is 1. The van der Waals surface area contributed by atoms with Crippen LogP contribution < -0.4 is 16.2 Å². The highest BCUT2D eigenvalue weighted by atomic mass is 32.2. The van der Waals surface area contributed by atoms with Gasteiger partial charge in [-0.2, -0.15) is 0 Å². The molecule has 20 heavy (non-hydrogen) atoms. The van der Waals surface area contributed by atoms with Crippen molar-refractivity contribution >= 4 is 21.4 Å². The number of nitrogens with zero attached hydrogens (tertiary/aromatic N) is 1. The molecule has 0 fully saturated rings. The third-order valence-corrected chi connectivity index (χ3v) is 3.90. The average Bonchev–Trinajstić information content (AvgIpc) is 2.40. The summed E-state index contributed by atoms with van der Waals surface area (Å²) in [5, 5.41) is 8.28. The Hall–Kier alpha value is -2.12. The molecule has 0 bridgehead atoms. The summed E-state index contributed by atoms with van der Waals surface area (Å²) < 4.78 is 22.8. The predicted octanol–water partition coefficient (Wildman–Crippen LogP) is 1.48. The molecule has 5 N–H and O–H groups in total. The molecule has 2 rings (SSSR count). The molecule has 6 nitrogen and oxygen atoms in total. The van der Waals surface area contributed by atoms with E-state index in [1.807, 2.05) is 19.1 Å². The second-order valence-electron chi connectivity index (χ2n) is 4.41. The van der Waals surface area contributed by atoms with E-state index >= 15 is 0 Å². The topological polar surface area (TPSA) is 111 Å². The Morgan fingerprint density at radius 1 is 1.25 bits per heavy atom. The number of primary sulfonamides is 1. The molecule has 7 heteroatoms. The first-order valence-electron chi connectivity index (χ1n) is 5.97. The standard InChI is InChI=1S/C13H16N4O2S/c1-9(10-4-3-7-16-8-10)17-11-5-2-6-12(13(11)14)20(15,18)19/h2-9,17H,14H2,1H3,(H2,15,18,19). The molecule has 1 atom stereocenters. The van der Waals surface area contributed by atoms with E-state index in [1.165, 1.54) is 6.07 Å². The Morgan fingerprint density at radius 3 is 2.60 bits per heavy atom. The van der Waals surface area contributed by atoms with Gasteiger partial charge in [-0.3, -0.25) is 4.98 Å². The second kappa shape index (κ2) is 5.48. The van der Waals surface area contributed by atoms with E-state index in [0.717, 1.165) is 5.56 Å². The number of pyridine rings is 1. The van der Waals surface area contributed by atoms with Gasteiger partial charge in [0.1, 0.15) is 4.90 Å². The Bertz CT molecular complexity index is 702. The van der Waals surface area contributed by atoms with Crippen molar-refractivity contribution in [3.8, 4) is 0 Å². The maximum Gasteiger partial charge on any atom is 0.240 e. The summed E-state index contributed by atoms with van der Waals surface area (Å²) in [6.45, 7) is 1.93. The molecule has 0 spiro atoms. The van der Waals surface area contributed by atoms with Crippen LogP contribution in [0.4, 0.5) is 11.4 Å². The second-order valence-corrected chi connectivity index (χ2v) is 5.94. The number of sulfonamides is 1. The number of nitrogens with two attached hydrogens (primary N) is 2. The highest BCUT2D eigenvalue weighted by Crippen LogP contribution is 2.28. The first-order chi connectivity index (χ1) is 9.39. The van der Waals surface area contributed by atoms with Crippen LogP contribution in [0.3, 0.4) is 0 Å². The molecule has 1 unspecified atom stereocenters. The van der Waals surface area contributed by atoms with Gasteiger partial charge < -0.3 is 11.1 Å². The Morgan fingerprint density at radius 2 is 2.00 bits per heavy atom. The van der Waals surface area contributed by atoms with Crippen LogP contribution in [0.15, 0.2) is 47.6 Å². The smallest absolute Gasteiger partial charge is 0.240 e. The highest BCUT2D eigenvalue weighted by molar-refractivity contribution is 7.89. The fraction of sp³-hybridized carbons (Fsp3) is 0.154. The van der Waals surface area contributed by atoms with Crippen molar-refractivity contribution in [1.82, 2.24) is 4.98 Å². The first-order valence-corrected chi connectivity index (χ1v) is 7.52. The molecule has 1 heterocycles. The molecule has 0 saturated carbocycles. The molecule has 0 aliphatic carbocycles. The maximum atomic E-state index is 11.4. The quantitative estimate of drug-likeness (QED) is 0.739. The predicted molar refractivity (Wildman–Crippen MR) is 78.5 cm³/mol. The van der Waals surface area contributed by atoms with Crippen LogP contribution in [-0.2, 0) is 10.0 Å². The third kappa shape index (κ3) is 3.06. The largest absolute Gasteiger partial charge is 0.396 e. The van der Waals surface area contributed by atoms with Crippen LogP contribution in [0.1, 0.15) is 18.5 Å². The Kier molecular flexibility index (Phi) is 3.91. The van der Waals surface area contributed by atoms with Crippen molar-refractivity contribution in [2.24, 2.45) is 5.14 Å². The zero-order chi connectivity index (χ0) is 14.8. The minimum atomic E-state index is -3.83. The van der Waals surface area contributed by atoms with Gasteiger partial charge in [0.2, 0.25) is 10.0 Å². The van der Waals surface area contributed by atoms with Crippen molar-refractivity contribution in [3.63, 3.8) is 0 Å². The lowest BCUT2D eigenvalue weighted by molar-refractivity contribution is 0.598. The molecule has 106 valence electrons. The van der Waals surface area contributed by atoms with E-state index in [4.69, 9.17) is 10.9 Å². The van der Waals surface area contributed by atoms with E-state index in [0.29, 0.717) is 5.69 Å². The zero-order valence-electron chi connectivity index (χ0n) is 10.9. The van der Waals surface area contributed by atoms with Crippen LogP contribution in [-0.4, -0.2) is 13.4 Å². The van der Waals surface area contributed by atoms with Crippen molar-refractivity contribution in [1.29, 1.82) is 0 Å². The van der Waals surface area contributed by atoms with Crippen molar-refractivity contribution in [2.75, 3.05) is 11.1 Å². The number of hydrogen-bond acceptors (Lipinski definition) is 5. The summed E-state index contributed by atoms with van der Waals surface area (Å²) >= 11 is 0. The molecule has 2 aromatic rings. The summed E-state index contributed by atoms with van der Waals surface area (Å²) in [5.41, 5.74) is 7.46. The van der Waals surface area contributed by atoms with E-state index in [1.54, 1.807) is 24.5 Å². The van der Waals surface area contributed by atoms with Gasteiger partial charge >= 0.3 is 0 Å². The normalized spacial score (nSPS) is 12.9. The summed E-state index contributed by atoms with van der Waals surface area (Å²) in [6, 6.07) is 8.36. The highest BCUT2D eigenvalue weighted by Gasteiger charge is 2.16. The molecule has 0 radical (unpaired) electrons. The van der Waals surface area contributed by atoms with Gasteiger partial charge in [-0.25, -0.2) is 13.6 Å². The Labute approximate surface area is 117 Å². The fourth-order valence-electron chi connectivity index (χ4n) is 1.87. The first kappa shape index (κ1) is 14.3.